The fraction of sp³-hybridized carbons (Fsp3) is 0.364. The maximum Gasteiger partial charge on any atom is 0.281 e. The molecule has 0 unspecified atom stereocenters. The van der Waals surface area contributed by atoms with Gasteiger partial charge >= 0.3 is 0 Å². The summed E-state index contributed by atoms with van der Waals surface area (Å²) in [6.07, 6.45) is 1.45. The van der Waals surface area contributed by atoms with Crippen LogP contribution in [-0.2, 0) is 13.0 Å². The monoisotopic (exact) mass is 411 g/mol. The van der Waals surface area contributed by atoms with Crippen molar-refractivity contribution in [1.82, 2.24) is 14.6 Å². The van der Waals surface area contributed by atoms with Crippen LogP contribution in [-0.4, -0.2) is 47.3 Å². The van der Waals surface area contributed by atoms with Crippen molar-refractivity contribution in [2.75, 3.05) is 37.7 Å². The number of fused-ring (bicyclic) bond motifs is 1. The van der Waals surface area contributed by atoms with Gasteiger partial charge in [-0.1, -0.05) is 48.0 Å². The Bertz CT molecular complexity index is 1030. The van der Waals surface area contributed by atoms with Gasteiger partial charge in [0.1, 0.15) is 5.82 Å². The number of hydrogen-bond donors (Lipinski definition) is 1. The second kappa shape index (κ2) is 8.95. The molecule has 0 aliphatic carbocycles. The number of piperazine rings is 1. The molecular formula is C22H26ClN5O. The molecule has 4 rings (SSSR count). The summed E-state index contributed by atoms with van der Waals surface area (Å²) in [6.45, 7) is 4.79. The Hall–Kier alpha value is -2.41. The molecule has 0 spiro atoms. The number of aromatic nitrogens is 2. The molecule has 1 aromatic heterocycles. The van der Waals surface area contributed by atoms with Gasteiger partial charge in [0.15, 0.2) is 0 Å². The molecule has 29 heavy (non-hydrogen) atoms. The van der Waals surface area contributed by atoms with E-state index in [1.165, 1.54) is 5.56 Å². The molecule has 2 heterocycles. The molecule has 1 fully saturated rings. The molecule has 2 aromatic carbocycles. The minimum atomic E-state index is -0.0934. The summed E-state index contributed by atoms with van der Waals surface area (Å²) in [6, 6.07) is 15.9. The number of nitrogens with zero attached hydrogens (tertiary/aromatic N) is 4. The first-order valence-corrected chi connectivity index (χ1v) is 10.5. The van der Waals surface area contributed by atoms with Gasteiger partial charge in [-0.15, -0.1) is 0 Å². The number of hydrogen-bond acceptors (Lipinski definition) is 5. The minimum Gasteiger partial charge on any atom is -0.330 e. The van der Waals surface area contributed by atoms with Crippen molar-refractivity contribution in [1.29, 1.82) is 0 Å². The van der Waals surface area contributed by atoms with Crippen molar-refractivity contribution >= 4 is 22.5 Å². The van der Waals surface area contributed by atoms with Crippen molar-refractivity contribution in [3.63, 3.8) is 0 Å². The molecule has 0 atom stereocenters. The van der Waals surface area contributed by atoms with Gasteiger partial charge in [-0.3, -0.25) is 9.69 Å². The summed E-state index contributed by atoms with van der Waals surface area (Å²) in [5, 5.41) is 3.03. The van der Waals surface area contributed by atoms with Crippen LogP contribution in [0.15, 0.2) is 53.3 Å². The second-order valence-electron chi connectivity index (χ2n) is 7.39. The maximum atomic E-state index is 13.4. The van der Waals surface area contributed by atoms with Gasteiger partial charge in [0.2, 0.25) is 0 Å². The van der Waals surface area contributed by atoms with Gasteiger partial charge in [0, 0.05) is 39.1 Å². The van der Waals surface area contributed by atoms with E-state index >= 15 is 0 Å². The summed E-state index contributed by atoms with van der Waals surface area (Å²) in [7, 11) is 0. The largest absolute Gasteiger partial charge is 0.330 e. The zero-order valence-corrected chi connectivity index (χ0v) is 17.2. The highest BCUT2D eigenvalue weighted by Gasteiger charge is 2.22. The molecule has 7 heteroatoms. The summed E-state index contributed by atoms with van der Waals surface area (Å²) in [5.74, 6) is 0.756. The van der Waals surface area contributed by atoms with Gasteiger partial charge in [-0.2, -0.15) is 0 Å². The van der Waals surface area contributed by atoms with Crippen molar-refractivity contribution in [3.8, 4) is 0 Å². The van der Waals surface area contributed by atoms with Gasteiger partial charge in [-0.05, 0) is 30.7 Å². The topological polar surface area (TPSA) is 67.4 Å². The Morgan fingerprint density at radius 2 is 1.76 bits per heavy atom. The fourth-order valence-corrected chi connectivity index (χ4v) is 4.13. The molecule has 152 valence electrons. The SMILES string of the molecule is NCCCc1nc2cccc(Cl)c2c(=O)n1N1CCN(Cc2ccccc2)CC1. The van der Waals surface area contributed by atoms with Crippen LogP contribution in [0.3, 0.4) is 0 Å². The smallest absolute Gasteiger partial charge is 0.281 e. The third-order valence-corrected chi connectivity index (χ3v) is 5.69. The van der Waals surface area contributed by atoms with Crippen LogP contribution < -0.4 is 16.3 Å². The van der Waals surface area contributed by atoms with E-state index < -0.39 is 0 Å². The van der Waals surface area contributed by atoms with Crippen LogP contribution in [0.4, 0.5) is 0 Å². The maximum absolute atomic E-state index is 13.4. The van der Waals surface area contributed by atoms with E-state index in [1.807, 2.05) is 18.2 Å². The van der Waals surface area contributed by atoms with E-state index in [2.05, 4.69) is 34.2 Å². The summed E-state index contributed by atoms with van der Waals surface area (Å²) in [5.41, 5.74) is 7.57. The van der Waals surface area contributed by atoms with E-state index in [1.54, 1.807) is 10.7 Å². The molecule has 0 bridgehead atoms. The van der Waals surface area contributed by atoms with Crippen LogP contribution in [0.5, 0.6) is 0 Å². The summed E-state index contributed by atoms with van der Waals surface area (Å²) in [4.78, 5) is 20.5. The van der Waals surface area contributed by atoms with E-state index in [-0.39, 0.29) is 5.56 Å². The van der Waals surface area contributed by atoms with Crippen LogP contribution in [0, 0.1) is 0 Å². The lowest BCUT2D eigenvalue weighted by atomic mass is 10.2. The zero-order valence-electron chi connectivity index (χ0n) is 16.4. The molecule has 2 N–H and O–H groups in total. The van der Waals surface area contributed by atoms with Crippen molar-refractivity contribution in [2.24, 2.45) is 5.73 Å². The third-order valence-electron chi connectivity index (χ3n) is 5.38. The Kier molecular flexibility index (Phi) is 6.13. The highest BCUT2D eigenvalue weighted by atomic mass is 35.5. The summed E-state index contributed by atoms with van der Waals surface area (Å²) < 4.78 is 1.74. The van der Waals surface area contributed by atoms with Gasteiger partial charge in [-0.25, -0.2) is 9.66 Å². The minimum absolute atomic E-state index is 0.0934. The lowest BCUT2D eigenvalue weighted by Gasteiger charge is -2.37. The number of halogens is 1. The van der Waals surface area contributed by atoms with Crippen LogP contribution in [0.25, 0.3) is 10.9 Å². The molecule has 6 nitrogen and oxygen atoms in total. The van der Waals surface area contributed by atoms with E-state index in [0.717, 1.165) is 45.0 Å². The first kappa shape index (κ1) is 19.9. The van der Waals surface area contributed by atoms with E-state index in [0.29, 0.717) is 28.9 Å². The number of rotatable bonds is 6. The average Bonchev–Trinajstić information content (AvgIpc) is 2.74. The lowest BCUT2D eigenvalue weighted by molar-refractivity contribution is 0.229. The number of aryl methyl sites for hydroxylation is 1. The first-order valence-electron chi connectivity index (χ1n) is 10.1. The van der Waals surface area contributed by atoms with E-state index in [4.69, 9.17) is 22.3 Å². The van der Waals surface area contributed by atoms with Gasteiger partial charge < -0.3 is 10.7 Å². The molecule has 1 saturated heterocycles. The van der Waals surface area contributed by atoms with Crippen LogP contribution in [0.2, 0.25) is 5.02 Å². The highest BCUT2D eigenvalue weighted by molar-refractivity contribution is 6.35. The van der Waals surface area contributed by atoms with Crippen molar-refractivity contribution < 1.29 is 0 Å². The predicted octanol–water partition coefficient (Wildman–Crippen LogP) is 2.40. The zero-order chi connectivity index (χ0) is 20.2. The molecule has 1 aliphatic rings. The first-order chi connectivity index (χ1) is 14.2. The van der Waals surface area contributed by atoms with Crippen LogP contribution >= 0.6 is 11.6 Å². The second-order valence-corrected chi connectivity index (χ2v) is 7.79. The Morgan fingerprint density at radius 3 is 2.48 bits per heavy atom. The molecule has 3 aromatic rings. The highest BCUT2D eigenvalue weighted by Crippen LogP contribution is 2.19. The number of nitrogens with two attached hydrogens (primary N) is 1. The number of benzene rings is 2. The quantitative estimate of drug-likeness (QED) is 0.674. The molecule has 0 radical (unpaired) electrons. The Balaban J connectivity index is 1.60. The van der Waals surface area contributed by atoms with Gasteiger partial charge in [0.25, 0.3) is 5.56 Å². The molecular weight excluding hydrogens is 386 g/mol. The lowest BCUT2D eigenvalue weighted by Crippen LogP contribution is -2.54. The molecule has 0 amide bonds. The Labute approximate surface area is 175 Å². The fourth-order valence-electron chi connectivity index (χ4n) is 3.88. The molecule has 0 saturated carbocycles. The molecule has 1 aliphatic heterocycles. The van der Waals surface area contributed by atoms with Crippen LogP contribution in [0.1, 0.15) is 17.8 Å². The standard InChI is InChI=1S/C22H26ClN5O/c23-18-8-4-9-19-21(18)22(29)28(20(25-19)10-5-11-24)27-14-12-26(13-15-27)16-17-6-2-1-3-7-17/h1-4,6-9H,5,10-16,24H2. The predicted molar refractivity (Wildman–Crippen MR) is 118 cm³/mol. The normalized spacial score (nSPS) is 15.2. The Morgan fingerprint density at radius 1 is 1.00 bits per heavy atom. The summed E-state index contributed by atoms with van der Waals surface area (Å²) >= 11 is 6.34. The average molecular weight is 412 g/mol. The third kappa shape index (κ3) is 4.29. The van der Waals surface area contributed by atoms with Gasteiger partial charge in [0.05, 0.1) is 15.9 Å². The van der Waals surface area contributed by atoms with Crippen molar-refractivity contribution in [3.05, 3.63) is 75.3 Å². The van der Waals surface area contributed by atoms with E-state index in [9.17, 15) is 4.79 Å². The van der Waals surface area contributed by atoms with Crippen molar-refractivity contribution in [2.45, 2.75) is 19.4 Å².